The van der Waals surface area contributed by atoms with Crippen LogP contribution in [0, 0.1) is 5.82 Å². The lowest BCUT2D eigenvalue weighted by Gasteiger charge is -2.17. The molecule has 0 aliphatic carbocycles. The number of hydrogen-bond donors (Lipinski definition) is 0. The van der Waals surface area contributed by atoms with Gasteiger partial charge in [0.1, 0.15) is 5.82 Å². The first-order valence-electron chi connectivity index (χ1n) is 7.22. The molecule has 0 heterocycles. The van der Waals surface area contributed by atoms with E-state index in [-0.39, 0.29) is 31.3 Å². The first-order chi connectivity index (χ1) is 11.0. The molecule has 0 spiro atoms. The van der Waals surface area contributed by atoms with Gasteiger partial charge in [0.2, 0.25) is 0 Å². The summed E-state index contributed by atoms with van der Waals surface area (Å²) in [4.78, 5) is 25.0. The van der Waals surface area contributed by atoms with E-state index in [1.807, 2.05) is 30.3 Å². The third-order valence-electron chi connectivity index (χ3n) is 3.28. The number of carbonyl (C=O) groups excluding carboxylic acids is 2. The fraction of sp³-hybridized carbons (Fsp3) is 0.222. The Kier molecular flexibility index (Phi) is 5.86. The molecular formula is C18H18FNO3. The predicted octanol–water partition coefficient (Wildman–Crippen LogP) is 2.57. The Labute approximate surface area is 134 Å². The molecule has 0 saturated carbocycles. The van der Waals surface area contributed by atoms with E-state index in [1.165, 1.54) is 17.0 Å². The molecule has 5 heteroatoms. The molecule has 2 rings (SSSR count). The highest BCUT2D eigenvalue weighted by molar-refractivity contribution is 5.81. The monoisotopic (exact) mass is 315 g/mol. The van der Waals surface area contributed by atoms with Gasteiger partial charge in [-0.15, -0.1) is 0 Å². The van der Waals surface area contributed by atoms with Gasteiger partial charge in [0, 0.05) is 13.6 Å². The van der Waals surface area contributed by atoms with E-state index in [4.69, 9.17) is 4.74 Å². The van der Waals surface area contributed by atoms with Crippen molar-refractivity contribution in [2.24, 2.45) is 0 Å². The number of carbonyl (C=O) groups is 2. The van der Waals surface area contributed by atoms with E-state index >= 15 is 0 Å². The minimum Gasteiger partial charge on any atom is -0.455 e. The van der Waals surface area contributed by atoms with Crippen molar-refractivity contribution >= 4 is 11.9 Å². The Bertz CT molecular complexity index is 673. The smallest absolute Gasteiger partial charge is 0.310 e. The van der Waals surface area contributed by atoms with Crippen molar-refractivity contribution in [2.75, 3.05) is 13.7 Å². The van der Waals surface area contributed by atoms with Crippen molar-refractivity contribution in [1.82, 2.24) is 4.90 Å². The first-order valence-corrected chi connectivity index (χ1v) is 7.22. The van der Waals surface area contributed by atoms with Crippen LogP contribution in [0.25, 0.3) is 0 Å². The number of nitrogens with zero attached hydrogens (tertiary/aromatic N) is 1. The van der Waals surface area contributed by atoms with E-state index in [1.54, 1.807) is 19.2 Å². The molecule has 120 valence electrons. The van der Waals surface area contributed by atoms with Gasteiger partial charge in [-0.1, -0.05) is 42.5 Å². The van der Waals surface area contributed by atoms with Crippen LogP contribution < -0.4 is 0 Å². The van der Waals surface area contributed by atoms with E-state index < -0.39 is 5.97 Å². The van der Waals surface area contributed by atoms with E-state index in [0.29, 0.717) is 5.56 Å². The van der Waals surface area contributed by atoms with Crippen LogP contribution in [0.2, 0.25) is 0 Å². The van der Waals surface area contributed by atoms with Crippen molar-refractivity contribution in [3.05, 3.63) is 71.5 Å². The van der Waals surface area contributed by atoms with Crippen LogP contribution in [0.4, 0.5) is 4.39 Å². The zero-order chi connectivity index (χ0) is 16.7. The molecule has 0 fully saturated rings. The maximum absolute atomic E-state index is 13.1. The summed E-state index contributed by atoms with van der Waals surface area (Å²) in [5.41, 5.74) is 1.51. The highest BCUT2D eigenvalue weighted by Gasteiger charge is 2.13. The highest BCUT2D eigenvalue weighted by Crippen LogP contribution is 2.07. The fourth-order valence-corrected chi connectivity index (χ4v) is 2.06. The minimum absolute atomic E-state index is 0.127. The maximum Gasteiger partial charge on any atom is 0.310 e. The van der Waals surface area contributed by atoms with Gasteiger partial charge in [-0.25, -0.2) is 4.39 Å². The Morgan fingerprint density at radius 2 is 1.74 bits per heavy atom. The molecule has 2 aromatic carbocycles. The van der Waals surface area contributed by atoms with Crippen molar-refractivity contribution in [2.45, 2.75) is 13.0 Å². The number of ether oxygens (including phenoxy) is 1. The molecular weight excluding hydrogens is 297 g/mol. The van der Waals surface area contributed by atoms with Crippen LogP contribution in [0.5, 0.6) is 0 Å². The minimum atomic E-state index is -0.455. The summed E-state index contributed by atoms with van der Waals surface area (Å²) in [5, 5.41) is 0. The van der Waals surface area contributed by atoms with Crippen molar-refractivity contribution in [1.29, 1.82) is 0 Å². The Balaban J connectivity index is 1.78. The molecule has 0 bridgehead atoms. The number of benzene rings is 2. The Hall–Kier alpha value is -2.69. The SMILES string of the molecule is CN(Cc1cccc(F)c1)C(=O)COC(=O)Cc1ccccc1. The number of rotatable bonds is 6. The molecule has 0 atom stereocenters. The molecule has 0 aliphatic rings. The number of hydrogen-bond acceptors (Lipinski definition) is 3. The zero-order valence-electron chi connectivity index (χ0n) is 12.9. The van der Waals surface area contributed by atoms with Crippen molar-refractivity contribution in [3.8, 4) is 0 Å². The molecule has 23 heavy (non-hydrogen) atoms. The van der Waals surface area contributed by atoms with Crippen LogP contribution >= 0.6 is 0 Å². The van der Waals surface area contributed by atoms with Crippen LogP contribution in [-0.2, 0) is 27.3 Å². The third kappa shape index (κ3) is 5.54. The number of amides is 1. The van der Waals surface area contributed by atoms with Gasteiger partial charge in [-0.3, -0.25) is 9.59 Å². The quantitative estimate of drug-likeness (QED) is 0.770. The lowest BCUT2D eigenvalue weighted by atomic mass is 10.2. The Morgan fingerprint density at radius 1 is 1.04 bits per heavy atom. The lowest BCUT2D eigenvalue weighted by Crippen LogP contribution is -2.31. The summed E-state index contributed by atoms with van der Waals surface area (Å²) >= 11 is 0. The molecule has 0 saturated heterocycles. The van der Waals surface area contributed by atoms with Crippen molar-refractivity contribution in [3.63, 3.8) is 0 Å². The Morgan fingerprint density at radius 3 is 2.43 bits per heavy atom. The molecule has 0 N–H and O–H groups in total. The van der Waals surface area contributed by atoms with Gasteiger partial charge in [-0.05, 0) is 23.3 Å². The topological polar surface area (TPSA) is 46.6 Å². The van der Waals surface area contributed by atoms with Gasteiger partial charge in [0.25, 0.3) is 5.91 Å². The molecule has 1 amide bonds. The molecule has 0 aromatic heterocycles. The van der Waals surface area contributed by atoms with Gasteiger partial charge in [0.05, 0.1) is 6.42 Å². The summed E-state index contributed by atoms with van der Waals surface area (Å²) in [6.45, 7) is -0.0652. The standard InChI is InChI=1S/C18H18FNO3/c1-20(12-15-8-5-9-16(19)10-15)17(21)13-23-18(22)11-14-6-3-2-4-7-14/h2-10H,11-13H2,1H3. The van der Waals surface area contributed by atoms with Crippen molar-refractivity contribution < 1.29 is 18.7 Å². The lowest BCUT2D eigenvalue weighted by molar-refractivity contribution is -0.151. The highest BCUT2D eigenvalue weighted by atomic mass is 19.1. The molecule has 4 nitrogen and oxygen atoms in total. The van der Waals surface area contributed by atoms with Crippen LogP contribution in [0.15, 0.2) is 54.6 Å². The van der Waals surface area contributed by atoms with Gasteiger partial charge in [-0.2, -0.15) is 0 Å². The van der Waals surface area contributed by atoms with Crippen LogP contribution in [0.1, 0.15) is 11.1 Å². The average molecular weight is 315 g/mol. The fourth-order valence-electron chi connectivity index (χ4n) is 2.06. The second-order valence-corrected chi connectivity index (χ2v) is 5.20. The first kappa shape index (κ1) is 16.7. The van der Waals surface area contributed by atoms with Crippen LogP contribution in [-0.4, -0.2) is 30.4 Å². The third-order valence-corrected chi connectivity index (χ3v) is 3.28. The molecule has 0 unspecified atom stereocenters. The predicted molar refractivity (Wildman–Crippen MR) is 84.0 cm³/mol. The second-order valence-electron chi connectivity index (χ2n) is 5.20. The summed E-state index contributed by atoms with van der Waals surface area (Å²) in [7, 11) is 1.58. The summed E-state index contributed by atoms with van der Waals surface area (Å²) in [5.74, 6) is -1.14. The van der Waals surface area contributed by atoms with Gasteiger partial charge in [0.15, 0.2) is 6.61 Å². The second kappa shape index (κ2) is 8.08. The number of halogens is 1. The van der Waals surface area contributed by atoms with E-state index in [9.17, 15) is 14.0 Å². The molecule has 0 radical (unpaired) electrons. The summed E-state index contributed by atoms with van der Waals surface area (Å²) in [6.07, 6.45) is 0.127. The molecule has 0 aliphatic heterocycles. The number of esters is 1. The molecule has 2 aromatic rings. The maximum atomic E-state index is 13.1. The number of likely N-dealkylation sites (N-methyl/N-ethyl adjacent to an activating group) is 1. The van der Waals surface area contributed by atoms with Gasteiger partial charge < -0.3 is 9.64 Å². The average Bonchev–Trinajstić information content (AvgIpc) is 2.53. The van der Waals surface area contributed by atoms with Gasteiger partial charge >= 0.3 is 5.97 Å². The summed E-state index contributed by atoms with van der Waals surface area (Å²) < 4.78 is 18.1. The van der Waals surface area contributed by atoms with E-state index in [0.717, 1.165) is 5.56 Å². The normalized spacial score (nSPS) is 10.2. The largest absolute Gasteiger partial charge is 0.455 e. The zero-order valence-corrected chi connectivity index (χ0v) is 12.9. The van der Waals surface area contributed by atoms with Crippen LogP contribution in [0.3, 0.4) is 0 Å². The summed E-state index contributed by atoms with van der Waals surface area (Å²) in [6, 6.07) is 15.2. The van der Waals surface area contributed by atoms with E-state index in [2.05, 4.69) is 0 Å².